The highest BCUT2D eigenvalue weighted by Crippen LogP contribution is 2.28. The van der Waals surface area contributed by atoms with Crippen LogP contribution in [-0.4, -0.2) is 103 Å². The molecule has 3 rings (SSSR count). The van der Waals surface area contributed by atoms with Crippen LogP contribution in [-0.2, 0) is 64.3 Å². The topological polar surface area (TPSA) is 101 Å². The summed E-state index contributed by atoms with van der Waals surface area (Å²) in [5.74, 6) is 0.671. The normalized spacial score (nSPS) is 11.3. The van der Waals surface area contributed by atoms with Crippen LogP contribution in [0.3, 0.4) is 0 Å². The lowest BCUT2D eigenvalue weighted by atomic mass is 10.2. The summed E-state index contributed by atoms with van der Waals surface area (Å²) in [4.78, 5) is 0. The molecule has 0 saturated carbocycles. The van der Waals surface area contributed by atoms with Crippen molar-refractivity contribution in [3.63, 3.8) is 0 Å². The number of hydrogen-bond acceptors (Lipinski definition) is 10. The second-order valence-electron chi connectivity index (χ2n) is 9.68. The van der Waals surface area contributed by atoms with Crippen LogP contribution in [0.15, 0.2) is 60.7 Å². The largest absolute Gasteiger partial charge is 0.485 e. The minimum absolute atomic E-state index is 0.277. The van der Waals surface area contributed by atoms with Gasteiger partial charge in [0.1, 0.15) is 18.0 Å². The van der Waals surface area contributed by atoms with Crippen molar-refractivity contribution < 1.29 is 42.6 Å². The van der Waals surface area contributed by atoms with E-state index in [0.717, 1.165) is 16.8 Å². The van der Waals surface area contributed by atoms with Gasteiger partial charge in [-0.2, -0.15) is 5.10 Å². The second-order valence-corrected chi connectivity index (χ2v) is 9.68. The molecule has 3 aromatic rings. The molecule has 0 radical (unpaired) electrons. The Balaban J connectivity index is 1.60. The molecule has 2 aromatic carbocycles. The maximum atomic E-state index is 6.40. The van der Waals surface area contributed by atoms with Crippen LogP contribution in [0.1, 0.15) is 22.5 Å². The standard InChI is InChI=1S/C33H48N2O9/c1-36-13-15-38-17-19-40-21-23-42-27-31-33(44-26-30-11-7-4-8-12-30)32(35(34-31)25-29-9-5-3-6-10-29)28-43-24-22-41-20-18-39-16-14-37-2/h3-12H,13-28H2,1-2H3. The van der Waals surface area contributed by atoms with E-state index in [0.29, 0.717) is 110 Å². The fourth-order valence-electron chi connectivity index (χ4n) is 4.06. The highest BCUT2D eigenvalue weighted by atomic mass is 16.6. The fraction of sp³-hybridized carbons (Fsp3) is 0.545. The Morgan fingerprint density at radius 3 is 1.48 bits per heavy atom. The van der Waals surface area contributed by atoms with Gasteiger partial charge in [-0.1, -0.05) is 60.7 Å². The average Bonchev–Trinajstić information content (AvgIpc) is 3.37. The van der Waals surface area contributed by atoms with E-state index in [4.69, 9.17) is 47.7 Å². The third kappa shape index (κ3) is 14.7. The van der Waals surface area contributed by atoms with Gasteiger partial charge in [0.15, 0.2) is 5.75 Å². The van der Waals surface area contributed by atoms with Crippen molar-refractivity contribution in [2.24, 2.45) is 0 Å². The minimum atomic E-state index is 0.277. The van der Waals surface area contributed by atoms with Gasteiger partial charge in [-0.3, -0.25) is 4.68 Å². The van der Waals surface area contributed by atoms with E-state index < -0.39 is 0 Å². The van der Waals surface area contributed by atoms with E-state index in [2.05, 4.69) is 12.1 Å². The van der Waals surface area contributed by atoms with Gasteiger partial charge in [0.25, 0.3) is 0 Å². The van der Waals surface area contributed by atoms with Crippen molar-refractivity contribution >= 4 is 0 Å². The number of rotatable bonds is 27. The molecule has 11 heteroatoms. The molecule has 1 heterocycles. The summed E-state index contributed by atoms with van der Waals surface area (Å²) in [6.45, 7) is 7.57. The quantitative estimate of drug-likeness (QED) is 0.117. The molecule has 11 nitrogen and oxygen atoms in total. The van der Waals surface area contributed by atoms with Crippen LogP contribution in [0.25, 0.3) is 0 Å². The molecule has 0 amide bonds. The third-order valence-corrected chi connectivity index (χ3v) is 6.31. The van der Waals surface area contributed by atoms with Crippen LogP contribution in [0.4, 0.5) is 0 Å². The number of hydrogen-bond donors (Lipinski definition) is 0. The predicted octanol–water partition coefficient (Wildman–Crippen LogP) is 3.90. The van der Waals surface area contributed by atoms with Crippen LogP contribution in [0, 0.1) is 0 Å². The lowest BCUT2D eigenvalue weighted by molar-refractivity contribution is -0.000476. The van der Waals surface area contributed by atoms with Crippen LogP contribution < -0.4 is 4.74 Å². The van der Waals surface area contributed by atoms with Gasteiger partial charge >= 0.3 is 0 Å². The van der Waals surface area contributed by atoms with Crippen molar-refractivity contribution in [1.29, 1.82) is 0 Å². The molecule has 0 aliphatic carbocycles. The van der Waals surface area contributed by atoms with Gasteiger partial charge in [-0.25, -0.2) is 0 Å². The highest BCUT2D eigenvalue weighted by molar-refractivity contribution is 5.34. The summed E-state index contributed by atoms with van der Waals surface area (Å²) in [5, 5.41) is 4.91. The molecule has 0 aliphatic heterocycles. The van der Waals surface area contributed by atoms with Crippen molar-refractivity contribution in [2.45, 2.75) is 26.4 Å². The summed E-state index contributed by atoms with van der Waals surface area (Å²) in [6, 6.07) is 20.2. The van der Waals surface area contributed by atoms with Crippen LogP contribution in [0.2, 0.25) is 0 Å². The summed E-state index contributed by atoms with van der Waals surface area (Å²) < 4.78 is 52.4. The molecule has 0 spiro atoms. The van der Waals surface area contributed by atoms with Gasteiger partial charge in [0, 0.05) is 14.2 Å². The Morgan fingerprint density at radius 2 is 0.955 bits per heavy atom. The van der Waals surface area contributed by atoms with E-state index in [-0.39, 0.29) is 6.61 Å². The Morgan fingerprint density at radius 1 is 0.500 bits per heavy atom. The summed E-state index contributed by atoms with van der Waals surface area (Å²) in [6.07, 6.45) is 0. The summed E-state index contributed by atoms with van der Waals surface area (Å²) in [7, 11) is 3.30. The fourth-order valence-corrected chi connectivity index (χ4v) is 4.06. The van der Waals surface area contributed by atoms with E-state index in [1.165, 1.54) is 0 Å². The van der Waals surface area contributed by atoms with Crippen molar-refractivity contribution in [1.82, 2.24) is 9.78 Å². The van der Waals surface area contributed by atoms with Gasteiger partial charge in [0.05, 0.1) is 99.0 Å². The first kappa shape index (κ1) is 35.6. The molecule has 0 unspecified atom stereocenters. The number of benzene rings is 2. The second kappa shape index (κ2) is 23.5. The molecule has 1 aromatic heterocycles. The van der Waals surface area contributed by atoms with E-state index in [9.17, 15) is 0 Å². The number of methoxy groups -OCH3 is 2. The van der Waals surface area contributed by atoms with Crippen molar-refractivity contribution in [3.8, 4) is 5.75 Å². The van der Waals surface area contributed by atoms with E-state index in [1.54, 1.807) is 14.2 Å². The first-order chi connectivity index (χ1) is 21.8. The van der Waals surface area contributed by atoms with Gasteiger partial charge in [-0.15, -0.1) is 0 Å². The maximum absolute atomic E-state index is 6.40. The van der Waals surface area contributed by atoms with Gasteiger partial charge < -0.3 is 42.6 Å². The summed E-state index contributed by atoms with van der Waals surface area (Å²) in [5.41, 5.74) is 3.74. The molecule has 0 fully saturated rings. The zero-order valence-corrected chi connectivity index (χ0v) is 26.2. The molecule has 0 N–H and O–H groups in total. The molecule has 0 bridgehead atoms. The number of nitrogens with zero attached hydrogens (tertiary/aromatic N) is 2. The molecular formula is C33H48N2O9. The predicted molar refractivity (Wildman–Crippen MR) is 165 cm³/mol. The molecule has 244 valence electrons. The Hall–Kier alpha value is -2.87. The zero-order chi connectivity index (χ0) is 30.9. The Kier molecular flexibility index (Phi) is 19.0. The molecule has 44 heavy (non-hydrogen) atoms. The monoisotopic (exact) mass is 616 g/mol. The van der Waals surface area contributed by atoms with E-state index in [1.807, 2.05) is 53.2 Å². The van der Waals surface area contributed by atoms with Crippen molar-refractivity contribution in [3.05, 3.63) is 83.2 Å². The van der Waals surface area contributed by atoms with E-state index >= 15 is 0 Å². The number of aromatic nitrogens is 2. The van der Waals surface area contributed by atoms with Gasteiger partial charge in [-0.05, 0) is 11.1 Å². The molecule has 0 aliphatic rings. The Labute approximate surface area is 261 Å². The van der Waals surface area contributed by atoms with Gasteiger partial charge in [0.2, 0.25) is 0 Å². The van der Waals surface area contributed by atoms with Crippen molar-refractivity contribution in [2.75, 3.05) is 93.5 Å². The average molecular weight is 617 g/mol. The minimum Gasteiger partial charge on any atom is -0.485 e. The smallest absolute Gasteiger partial charge is 0.168 e. The van der Waals surface area contributed by atoms with Crippen LogP contribution >= 0.6 is 0 Å². The first-order valence-corrected chi connectivity index (χ1v) is 15.0. The molecule has 0 saturated heterocycles. The molecular weight excluding hydrogens is 568 g/mol. The zero-order valence-electron chi connectivity index (χ0n) is 26.2. The summed E-state index contributed by atoms with van der Waals surface area (Å²) >= 11 is 0. The maximum Gasteiger partial charge on any atom is 0.168 e. The first-order valence-electron chi connectivity index (χ1n) is 15.0. The lowest BCUT2D eigenvalue weighted by Gasteiger charge is -2.13. The SMILES string of the molecule is COCCOCCOCCOCc1nn(Cc2ccccc2)c(COCCOCCOCCOC)c1OCc1ccccc1. The number of ether oxygens (including phenoxy) is 9. The Bertz CT molecular complexity index is 1100. The lowest BCUT2D eigenvalue weighted by Crippen LogP contribution is -2.13. The van der Waals surface area contributed by atoms with Crippen LogP contribution in [0.5, 0.6) is 5.75 Å². The molecule has 0 atom stereocenters. The highest BCUT2D eigenvalue weighted by Gasteiger charge is 2.21. The third-order valence-electron chi connectivity index (χ3n) is 6.31.